The van der Waals surface area contributed by atoms with Crippen LogP contribution in [0.1, 0.15) is 51.9 Å². The molecular formula is C9H20NaO3S. The fourth-order valence-corrected chi connectivity index (χ4v) is 0.957. The Kier molecular flexibility index (Phi) is 28.7. The molecule has 5 heteroatoms. The van der Waals surface area contributed by atoms with Gasteiger partial charge in [0.25, 0.3) is 0 Å². The Hall–Kier alpha value is 1.07. The van der Waals surface area contributed by atoms with Crippen LogP contribution < -0.4 is 29.6 Å². The molecule has 14 heavy (non-hydrogen) atoms. The van der Waals surface area contributed by atoms with Gasteiger partial charge in [0.15, 0.2) is 0 Å². The monoisotopic (exact) mass is 231 g/mol. The fourth-order valence-electron chi connectivity index (χ4n) is 0.957. The molecule has 3 nitrogen and oxygen atoms in total. The summed E-state index contributed by atoms with van der Waals surface area (Å²) in [6.07, 6.45) is 9.45. The van der Waals surface area contributed by atoms with Crippen LogP contribution >= 0.6 is 0 Å². The molecule has 0 aliphatic rings. The van der Waals surface area contributed by atoms with Crippen molar-refractivity contribution in [2.24, 2.45) is 0 Å². The summed E-state index contributed by atoms with van der Waals surface area (Å²) in [6, 6.07) is 0. The Morgan fingerprint density at radius 3 is 1.93 bits per heavy atom. The van der Waals surface area contributed by atoms with E-state index >= 15 is 0 Å². The maximum Gasteiger partial charge on any atom is 1.00 e. The first-order chi connectivity index (χ1) is 6.15. The van der Waals surface area contributed by atoms with Crippen LogP contribution in [0.2, 0.25) is 0 Å². The Labute approximate surface area is 112 Å². The van der Waals surface area contributed by atoms with Crippen LogP contribution in [-0.4, -0.2) is 13.3 Å². The summed E-state index contributed by atoms with van der Waals surface area (Å²) < 4.78 is 24.1. The molecule has 1 unspecified atom stereocenters. The molecule has 0 aliphatic carbocycles. The molecule has 0 rings (SSSR count). The maximum atomic E-state index is 8.56. The average Bonchev–Trinajstić information content (AvgIpc) is 2.03. The molecular weight excluding hydrogens is 211 g/mol. The van der Waals surface area contributed by atoms with Crippen molar-refractivity contribution in [2.75, 3.05) is 0 Å². The van der Waals surface area contributed by atoms with E-state index in [1.54, 1.807) is 0 Å². The molecule has 0 spiro atoms. The van der Waals surface area contributed by atoms with Gasteiger partial charge in [-0.15, -0.1) is 0 Å². The summed E-state index contributed by atoms with van der Waals surface area (Å²) in [4.78, 5) is 0. The van der Waals surface area contributed by atoms with Gasteiger partial charge in [0.1, 0.15) is 0 Å². The van der Waals surface area contributed by atoms with Gasteiger partial charge in [-0.2, -0.15) is 0 Å². The number of rotatable bonds is 6. The van der Waals surface area contributed by atoms with Crippen molar-refractivity contribution < 1.29 is 42.9 Å². The summed E-state index contributed by atoms with van der Waals surface area (Å²) in [6.45, 7) is 6.05. The SMILES string of the molecule is O=S([O-])O.[CH2]CCCCCCCC.[Na+]. The van der Waals surface area contributed by atoms with Gasteiger partial charge in [-0.1, -0.05) is 58.8 Å². The summed E-state index contributed by atoms with van der Waals surface area (Å²) in [7, 11) is 0. The molecule has 81 valence electrons. The van der Waals surface area contributed by atoms with Crippen molar-refractivity contribution in [1.82, 2.24) is 0 Å². The quantitative estimate of drug-likeness (QED) is 0.395. The molecule has 0 saturated carbocycles. The molecule has 0 aromatic rings. The van der Waals surface area contributed by atoms with Crippen molar-refractivity contribution in [3.63, 3.8) is 0 Å². The van der Waals surface area contributed by atoms with E-state index < -0.39 is 11.4 Å². The number of hydrogen-bond acceptors (Lipinski definition) is 2. The van der Waals surface area contributed by atoms with Crippen molar-refractivity contribution in [3.8, 4) is 0 Å². The summed E-state index contributed by atoms with van der Waals surface area (Å²) in [5.74, 6) is 0. The van der Waals surface area contributed by atoms with Gasteiger partial charge in [0.2, 0.25) is 0 Å². The van der Waals surface area contributed by atoms with Crippen molar-refractivity contribution in [1.29, 1.82) is 0 Å². The van der Waals surface area contributed by atoms with Crippen molar-refractivity contribution in [3.05, 3.63) is 6.92 Å². The zero-order valence-electron chi connectivity index (χ0n) is 9.33. The van der Waals surface area contributed by atoms with E-state index in [4.69, 9.17) is 13.3 Å². The van der Waals surface area contributed by atoms with E-state index in [1.165, 1.54) is 38.5 Å². The normalized spacial score (nSPS) is 10.9. The van der Waals surface area contributed by atoms with Gasteiger partial charge in [0, 0.05) is 0 Å². The van der Waals surface area contributed by atoms with E-state index in [-0.39, 0.29) is 29.6 Å². The maximum absolute atomic E-state index is 8.56. The topological polar surface area (TPSA) is 60.4 Å². The van der Waals surface area contributed by atoms with Crippen LogP contribution in [0.5, 0.6) is 0 Å². The van der Waals surface area contributed by atoms with Crippen LogP contribution in [0.25, 0.3) is 0 Å². The minimum absolute atomic E-state index is 0. The molecule has 0 amide bonds. The standard InChI is InChI=1S/C9H19.Na.H2O3S/c1-3-5-7-9-8-6-4-2;;1-4(2)3/h1,3-9H2,2H3;;(H2,1,2,3)/q;+1;/p-1. The van der Waals surface area contributed by atoms with Gasteiger partial charge in [-0.3, -0.25) is 0 Å². The van der Waals surface area contributed by atoms with E-state index in [2.05, 4.69) is 13.8 Å². The fraction of sp³-hybridized carbons (Fsp3) is 0.889. The summed E-state index contributed by atoms with van der Waals surface area (Å²) in [5, 5.41) is 0. The second kappa shape index (κ2) is 19.6. The van der Waals surface area contributed by atoms with E-state index in [0.29, 0.717) is 0 Å². The smallest absolute Gasteiger partial charge is 0.750 e. The summed E-state index contributed by atoms with van der Waals surface area (Å²) >= 11 is -2.86. The second-order valence-electron chi connectivity index (χ2n) is 2.84. The van der Waals surface area contributed by atoms with Gasteiger partial charge < -0.3 is 9.11 Å². The third-order valence-electron chi connectivity index (χ3n) is 1.60. The van der Waals surface area contributed by atoms with Crippen LogP contribution in [0.15, 0.2) is 0 Å². The predicted octanol–water partition coefficient (Wildman–Crippen LogP) is -0.0864. The number of hydrogen-bond donors (Lipinski definition) is 1. The molecule has 1 N–H and O–H groups in total. The van der Waals surface area contributed by atoms with Gasteiger partial charge in [-0.05, 0) is 0 Å². The molecule has 1 atom stereocenters. The molecule has 0 fully saturated rings. The van der Waals surface area contributed by atoms with Crippen molar-refractivity contribution >= 4 is 11.4 Å². The third-order valence-corrected chi connectivity index (χ3v) is 1.60. The minimum Gasteiger partial charge on any atom is -0.750 e. The van der Waals surface area contributed by atoms with E-state index in [0.717, 1.165) is 6.42 Å². The molecule has 0 aliphatic heterocycles. The van der Waals surface area contributed by atoms with Crippen molar-refractivity contribution in [2.45, 2.75) is 51.9 Å². The first kappa shape index (κ1) is 20.5. The zero-order chi connectivity index (χ0) is 10.5. The first-order valence-corrected chi connectivity index (χ1v) is 5.75. The Bertz CT molecular complexity index is 102. The molecule has 0 saturated heterocycles. The molecule has 0 heterocycles. The molecule has 1 radical (unpaired) electrons. The molecule has 0 bridgehead atoms. The summed E-state index contributed by atoms with van der Waals surface area (Å²) in [5.41, 5.74) is 0. The van der Waals surface area contributed by atoms with Crippen LogP contribution in [0.4, 0.5) is 0 Å². The van der Waals surface area contributed by atoms with E-state index in [1.807, 2.05) is 0 Å². The van der Waals surface area contributed by atoms with Gasteiger partial charge in [0.05, 0.1) is 11.4 Å². The zero-order valence-corrected chi connectivity index (χ0v) is 12.1. The van der Waals surface area contributed by atoms with Crippen LogP contribution in [0.3, 0.4) is 0 Å². The third kappa shape index (κ3) is 38.1. The second-order valence-corrected chi connectivity index (χ2v) is 3.27. The van der Waals surface area contributed by atoms with E-state index in [9.17, 15) is 0 Å². The molecule has 0 aromatic heterocycles. The Morgan fingerprint density at radius 2 is 1.57 bits per heavy atom. The molecule has 0 aromatic carbocycles. The Balaban J connectivity index is -0.000000209. The number of unbranched alkanes of at least 4 members (excludes halogenated alkanes) is 6. The first-order valence-electron chi connectivity index (χ1n) is 4.72. The van der Waals surface area contributed by atoms with Crippen LogP contribution in [0, 0.1) is 6.92 Å². The Morgan fingerprint density at radius 1 is 1.21 bits per heavy atom. The largest absolute Gasteiger partial charge is 1.00 e. The van der Waals surface area contributed by atoms with Crippen LogP contribution in [-0.2, 0) is 11.4 Å². The predicted molar refractivity (Wildman–Crippen MR) is 54.9 cm³/mol. The van der Waals surface area contributed by atoms with Gasteiger partial charge in [-0.25, -0.2) is 4.21 Å². The minimum atomic E-state index is -2.86. The average molecular weight is 231 g/mol. The van der Waals surface area contributed by atoms with Gasteiger partial charge >= 0.3 is 29.6 Å².